The minimum Gasteiger partial charge on any atom is -0.462 e. The lowest BCUT2D eigenvalue weighted by Crippen LogP contribution is -2.30. The van der Waals surface area contributed by atoms with Crippen LogP contribution in [0.4, 0.5) is 0 Å². The van der Waals surface area contributed by atoms with E-state index < -0.39 is 12.3 Å². The van der Waals surface area contributed by atoms with Crippen LogP contribution in [0.15, 0.2) is 30.3 Å². The second-order valence-corrected chi connectivity index (χ2v) is 3.36. The van der Waals surface area contributed by atoms with E-state index in [0.717, 1.165) is 5.75 Å². The molecular formula is C11H14O4. The normalized spacial score (nSPS) is 30.4. The van der Waals surface area contributed by atoms with Crippen molar-refractivity contribution in [2.75, 3.05) is 13.7 Å². The first-order valence-corrected chi connectivity index (χ1v) is 4.80. The van der Waals surface area contributed by atoms with Crippen LogP contribution in [0, 0.1) is 0 Å². The molecule has 15 heavy (non-hydrogen) atoms. The van der Waals surface area contributed by atoms with Gasteiger partial charge in [-0.15, -0.1) is 0 Å². The summed E-state index contributed by atoms with van der Waals surface area (Å²) in [5.41, 5.74) is 0. The van der Waals surface area contributed by atoms with Crippen LogP contribution >= 0.6 is 0 Å². The minimum absolute atomic E-state index is 0.360. The third-order valence-electron chi connectivity index (χ3n) is 2.21. The summed E-state index contributed by atoms with van der Waals surface area (Å²) in [6.45, 7) is 2.07. The Morgan fingerprint density at radius 2 is 2.07 bits per heavy atom. The lowest BCUT2D eigenvalue weighted by atomic mass is 10.3. The van der Waals surface area contributed by atoms with Gasteiger partial charge in [0.05, 0.1) is 0 Å². The van der Waals surface area contributed by atoms with Crippen molar-refractivity contribution in [1.82, 2.24) is 0 Å². The molecule has 1 fully saturated rings. The van der Waals surface area contributed by atoms with Crippen molar-refractivity contribution in [1.29, 1.82) is 0 Å². The van der Waals surface area contributed by atoms with Gasteiger partial charge >= 0.3 is 0 Å². The molecule has 1 aromatic carbocycles. The third kappa shape index (κ3) is 2.47. The second kappa shape index (κ2) is 4.18. The summed E-state index contributed by atoms with van der Waals surface area (Å²) in [6.07, 6.45) is -0.419. The molecule has 0 spiro atoms. The molecule has 0 aliphatic carbocycles. The molecule has 82 valence electrons. The highest BCUT2D eigenvalue weighted by Crippen LogP contribution is 2.25. The highest BCUT2D eigenvalue weighted by Gasteiger charge is 2.38. The standard InChI is InChI=1S/C11H14O4/c1-11(12-2)13-8-10(15-11)14-9-6-4-3-5-7-9/h3-7,10H,8H2,1-2H3. The topological polar surface area (TPSA) is 36.9 Å². The molecule has 1 saturated heterocycles. The second-order valence-electron chi connectivity index (χ2n) is 3.36. The van der Waals surface area contributed by atoms with E-state index in [4.69, 9.17) is 18.9 Å². The zero-order valence-corrected chi connectivity index (χ0v) is 8.80. The monoisotopic (exact) mass is 210 g/mol. The lowest BCUT2D eigenvalue weighted by molar-refractivity contribution is -0.323. The van der Waals surface area contributed by atoms with Crippen LogP contribution in [-0.2, 0) is 14.2 Å². The SMILES string of the molecule is COC1(C)OCC(Oc2ccccc2)O1. The van der Waals surface area contributed by atoms with Crippen molar-refractivity contribution in [3.05, 3.63) is 30.3 Å². The number of rotatable bonds is 3. The predicted molar refractivity (Wildman–Crippen MR) is 53.3 cm³/mol. The summed E-state index contributed by atoms with van der Waals surface area (Å²) in [6, 6.07) is 9.47. The number of methoxy groups -OCH3 is 1. The van der Waals surface area contributed by atoms with Crippen LogP contribution < -0.4 is 4.74 Å². The van der Waals surface area contributed by atoms with Crippen LogP contribution in [0.25, 0.3) is 0 Å². The fraction of sp³-hybridized carbons (Fsp3) is 0.455. The molecule has 2 unspecified atom stereocenters. The van der Waals surface area contributed by atoms with Gasteiger partial charge in [-0.05, 0) is 12.1 Å². The smallest absolute Gasteiger partial charge is 0.282 e. The number of para-hydroxylation sites is 1. The quantitative estimate of drug-likeness (QED) is 0.761. The van der Waals surface area contributed by atoms with Gasteiger partial charge in [-0.25, -0.2) is 0 Å². The van der Waals surface area contributed by atoms with Crippen LogP contribution in [-0.4, -0.2) is 26.0 Å². The van der Waals surface area contributed by atoms with Gasteiger partial charge in [0.15, 0.2) is 0 Å². The molecular weight excluding hydrogens is 196 g/mol. The molecule has 0 amide bonds. The van der Waals surface area contributed by atoms with Crippen molar-refractivity contribution < 1.29 is 18.9 Å². The molecule has 1 aliphatic heterocycles. The minimum atomic E-state index is -0.987. The van der Waals surface area contributed by atoms with Gasteiger partial charge in [-0.3, -0.25) is 4.74 Å². The fourth-order valence-corrected chi connectivity index (χ4v) is 1.34. The first-order valence-electron chi connectivity index (χ1n) is 4.80. The molecule has 2 rings (SSSR count). The van der Waals surface area contributed by atoms with Gasteiger partial charge in [-0.1, -0.05) is 18.2 Å². The molecule has 0 saturated carbocycles. The van der Waals surface area contributed by atoms with Crippen LogP contribution in [0.5, 0.6) is 5.75 Å². The average Bonchev–Trinajstić information content (AvgIpc) is 2.63. The van der Waals surface area contributed by atoms with Crippen LogP contribution in [0.2, 0.25) is 0 Å². The first kappa shape index (κ1) is 10.4. The van der Waals surface area contributed by atoms with E-state index in [9.17, 15) is 0 Å². The van der Waals surface area contributed by atoms with Crippen molar-refractivity contribution in [2.45, 2.75) is 19.2 Å². The lowest BCUT2D eigenvalue weighted by Gasteiger charge is -2.20. The summed E-state index contributed by atoms with van der Waals surface area (Å²) in [5.74, 6) is -0.231. The maximum Gasteiger partial charge on any atom is 0.282 e. The molecule has 2 atom stereocenters. The molecule has 0 bridgehead atoms. The van der Waals surface area contributed by atoms with Crippen molar-refractivity contribution in [3.63, 3.8) is 0 Å². The van der Waals surface area contributed by atoms with Gasteiger partial charge in [0.25, 0.3) is 5.97 Å². The Labute approximate surface area is 88.7 Å². The summed E-state index contributed by atoms with van der Waals surface area (Å²) in [4.78, 5) is 0. The Bertz CT molecular complexity index is 314. The van der Waals surface area contributed by atoms with Gasteiger partial charge in [0.1, 0.15) is 12.4 Å². The van der Waals surface area contributed by atoms with E-state index >= 15 is 0 Å². The Hall–Kier alpha value is -1.10. The molecule has 0 aromatic heterocycles. The Kier molecular flexibility index (Phi) is 2.90. The molecule has 4 heteroatoms. The summed E-state index contributed by atoms with van der Waals surface area (Å²) in [5, 5.41) is 0. The van der Waals surface area contributed by atoms with Gasteiger partial charge in [0.2, 0.25) is 6.29 Å². The molecule has 1 heterocycles. The van der Waals surface area contributed by atoms with E-state index in [2.05, 4.69) is 0 Å². The molecule has 1 aliphatic rings. The van der Waals surface area contributed by atoms with Crippen molar-refractivity contribution in [3.8, 4) is 5.75 Å². The predicted octanol–water partition coefficient (Wildman–Crippen LogP) is 1.76. The van der Waals surface area contributed by atoms with E-state index in [0.29, 0.717) is 6.61 Å². The third-order valence-corrected chi connectivity index (χ3v) is 2.21. The highest BCUT2D eigenvalue weighted by atomic mass is 16.9. The number of hydrogen-bond acceptors (Lipinski definition) is 4. The zero-order chi connectivity index (χ0) is 10.7. The molecule has 1 aromatic rings. The van der Waals surface area contributed by atoms with Gasteiger partial charge in [0, 0.05) is 14.0 Å². The Morgan fingerprint density at radius 3 is 2.67 bits per heavy atom. The van der Waals surface area contributed by atoms with Crippen LogP contribution in [0.1, 0.15) is 6.92 Å². The van der Waals surface area contributed by atoms with Gasteiger partial charge < -0.3 is 14.2 Å². The maximum atomic E-state index is 5.55. The largest absolute Gasteiger partial charge is 0.462 e. The van der Waals surface area contributed by atoms with E-state index in [-0.39, 0.29) is 0 Å². The number of hydrogen-bond donors (Lipinski definition) is 0. The Morgan fingerprint density at radius 1 is 1.33 bits per heavy atom. The van der Waals surface area contributed by atoms with E-state index in [1.807, 2.05) is 30.3 Å². The zero-order valence-electron chi connectivity index (χ0n) is 8.80. The number of benzene rings is 1. The molecule has 0 radical (unpaired) electrons. The van der Waals surface area contributed by atoms with E-state index in [1.54, 1.807) is 6.92 Å². The number of ether oxygens (including phenoxy) is 4. The molecule has 4 nitrogen and oxygen atoms in total. The van der Waals surface area contributed by atoms with E-state index in [1.165, 1.54) is 7.11 Å². The van der Waals surface area contributed by atoms with Crippen molar-refractivity contribution >= 4 is 0 Å². The molecule has 0 N–H and O–H groups in total. The maximum absolute atomic E-state index is 5.55. The van der Waals surface area contributed by atoms with Crippen LogP contribution in [0.3, 0.4) is 0 Å². The summed E-state index contributed by atoms with van der Waals surface area (Å²) < 4.78 is 21.3. The average molecular weight is 210 g/mol. The highest BCUT2D eigenvalue weighted by molar-refractivity contribution is 5.21. The summed E-state index contributed by atoms with van der Waals surface area (Å²) in [7, 11) is 1.53. The Balaban J connectivity index is 1.93. The van der Waals surface area contributed by atoms with Gasteiger partial charge in [-0.2, -0.15) is 0 Å². The fourth-order valence-electron chi connectivity index (χ4n) is 1.34. The first-order chi connectivity index (χ1) is 7.22. The van der Waals surface area contributed by atoms with Crippen molar-refractivity contribution in [2.24, 2.45) is 0 Å². The summed E-state index contributed by atoms with van der Waals surface area (Å²) >= 11 is 0.